The molecule has 5 nitrogen and oxygen atoms in total. The fourth-order valence-electron chi connectivity index (χ4n) is 2.57. The Morgan fingerprint density at radius 2 is 2.15 bits per heavy atom. The van der Waals surface area contributed by atoms with Crippen LogP contribution in [-0.2, 0) is 0 Å². The van der Waals surface area contributed by atoms with Crippen molar-refractivity contribution in [2.24, 2.45) is 0 Å². The third-order valence-electron chi connectivity index (χ3n) is 3.87. The van der Waals surface area contributed by atoms with Gasteiger partial charge < -0.3 is 10.6 Å². The predicted molar refractivity (Wildman–Crippen MR) is 79.5 cm³/mol. The third kappa shape index (κ3) is 3.08. The van der Waals surface area contributed by atoms with Crippen LogP contribution in [0.15, 0.2) is 6.20 Å². The summed E-state index contributed by atoms with van der Waals surface area (Å²) in [6.07, 6.45) is 6.02. The van der Waals surface area contributed by atoms with Gasteiger partial charge in [-0.1, -0.05) is 26.7 Å². The van der Waals surface area contributed by atoms with E-state index < -0.39 is 0 Å². The number of carbonyl (C=O) groups is 1. The molecule has 5 heteroatoms. The fraction of sp³-hybridized carbons (Fsp3) is 0.667. The van der Waals surface area contributed by atoms with Crippen LogP contribution in [-0.4, -0.2) is 33.4 Å². The summed E-state index contributed by atoms with van der Waals surface area (Å²) in [4.78, 5) is 23.2. The quantitative estimate of drug-likeness (QED) is 0.901. The highest BCUT2D eigenvalue weighted by Gasteiger charge is 2.26. The molecule has 20 heavy (non-hydrogen) atoms. The molecule has 110 valence electrons. The van der Waals surface area contributed by atoms with Gasteiger partial charge in [-0.3, -0.25) is 4.79 Å². The van der Waals surface area contributed by atoms with Gasteiger partial charge in [0.15, 0.2) is 5.69 Å². The molecule has 2 N–H and O–H groups in total. The summed E-state index contributed by atoms with van der Waals surface area (Å²) in [6, 6.07) is 0.252. The Labute approximate surface area is 120 Å². The predicted octanol–water partition coefficient (Wildman–Crippen LogP) is 2.59. The van der Waals surface area contributed by atoms with Gasteiger partial charge in [0.05, 0.1) is 11.9 Å². The van der Waals surface area contributed by atoms with Crippen molar-refractivity contribution in [1.29, 1.82) is 0 Å². The van der Waals surface area contributed by atoms with E-state index in [2.05, 4.69) is 16.9 Å². The first-order valence-electron chi connectivity index (χ1n) is 7.44. The zero-order valence-electron chi connectivity index (χ0n) is 12.6. The van der Waals surface area contributed by atoms with Gasteiger partial charge in [-0.25, -0.2) is 9.97 Å². The molecule has 0 radical (unpaired) electrons. The van der Waals surface area contributed by atoms with E-state index >= 15 is 0 Å². The maximum Gasteiger partial charge on any atom is 0.274 e. The number of nitrogens with two attached hydrogens (primary N) is 1. The van der Waals surface area contributed by atoms with Crippen molar-refractivity contribution in [3.63, 3.8) is 0 Å². The van der Waals surface area contributed by atoms with E-state index in [1.54, 1.807) is 6.20 Å². The smallest absolute Gasteiger partial charge is 0.274 e. The summed E-state index contributed by atoms with van der Waals surface area (Å²) in [5.41, 5.74) is 6.64. The lowest BCUT2D eigenvalue weighted by atomic mass is 10.1. The summed E-state index contributed by atoms with van der Waals surface area (Å²) in [6.45, 7) is 6.91. The van der Waals surface area contributed by atoms with Crippen molar-refractivity contribution in [3.05, 3.63) is 17.7 Å². The van der Waals surface area contributed by atoms with Gasteiger partial charge in [-0.05, 0) is 19.8 Å². The van der Waals surface area contributed by atoms with E-state index in [0.29, 0.717) is 17.2 Å². The topological polar surface area (TPSA) is 72.1 Å². The highest BCUT2D eigenvalue weighted by molar-refractivity contribution is 5.97. The number of nitrogens with zero attached hydrogens (tertiary/aromatic N) is 3. The molecule has 2 heterocycles. The third-order valence-corrected chi connectivity index (χ3v) is 3.87. The average molecular weight is 276 g/mol. The molecule has 1 saturated heterocycles. The minimum Gasteiger partial charge on any atom is -0.396 e. The SMILES string of the molecule is CC(C)c1ncc(N)c(C(=O)N2CCCCCC2C)n1. The molecular weight excluding hydrogens is 252 g/mol. The van der Waals surface area contributed by atoms with Crippen LogP contribution in [0.25, 0.3) is 0 Å². The van der Waals surface area contributed by atoms with E-state index in [4.69, 9.17) is 5.73 Å². The minimum absolute atomic E-state index is 0.0544. The second kappa shape index (κ2) is 6.20. The van der Waals surface area contributed by atoms with Gasteiger partial charge in [0.1, 0.15) is 5.82 Å². The number of likely N-dealkylation sites (tertiary alicyclic amines) is 1. The van der Waals surface area contributed by atoms with Crippen molar-refractivity contribution in [2.45, 2.75) is 58.4 Å². The van der Waals surface area contributed by atoms with Crippen molar-refractivity contribution in [2.75, 3.05) is 12.3 Å². The van der Waals surface area contributed by atoms with Gasteiger partial charge in [0.2, 0.25) is 0 Å². The van der Waals surface area contributed by atoms with Gasteiger partial charge in [0, 0.05) is 18.5 Å². The Morgan fingerprint density at radius 3 is 2.85 bits per heavy atom. The van der Waals surface area contributed by atoms with Crippen LogP contribution in [0.3, 0.4) is 0 Å². The van der Waals surface area contributed by atoms with Crippen LogP contribution in [0.1, 0.15) is 68.7 Å². The maximum absolute atomic E-state index is 12.7. The summed E-state index contributed by atoms with van der Waals surface area (Å²) in [5, 5.41) is 0. The molecule has 1 aromatic heterocycles. The summed E-state index contributed by atoms with van der Waals surface area (Å²) in [7, 11) is 0. The molecule has 1 aliphatic heterocycles. The van der Waals surface area contributed by atoms with Crippen molar-refractivity contribution >= 4 is 11.6 Å². The molecule has 0 aliphatic carbocycles. The lowest BCUT2D eigenvalue weighted by Crippen LogP contribution is -2.39. The number of anilines is 1. The molecule has 1 amide bonds. The molecule has 2 rings (SSSR count). The molecule has 0 saturated carbocycles. The Hall–Kier alpha value is -1.65. The number of rotatable bonds is 2. The zero-order valence-corrected chi connectivity index (χ0v) is 12.6. The largest absolute Gasteiger partial charge is 0.396 e. The molecule has 0 bridgehead atoms. The minimum atomic E-state index is -0.0544. The summed E-state index contributed by atoms with van der Waals surface area (Å²) >= 11 is 0. The molecule has 1 aliphatic rings. The van der Waals surface area contributed by atoms with Crippen molar-refractivity contribution in [3.8, 4) is 0 Å². The van der Waals surface area contributed by atoms with Crippen LogP contribution >= 0.6 is 0 Å². The van der Waals surface area contributed by atoms with E-state index in [1.807, 2.05) is 18.7 Å². The van der Waals surface area contributed by atoms with E-state index in [9.17, 15) is 4.79 Å². The lowest BCUT2D eigenvalue weighted by molar-refractivity contribution is 0.0692. The van der Waals surface area contributed by atoms with E-state index in [0.717, 1.165) is 19.4 Å². The maximum atomic E-state index is 12.7. The van der Waals surface area contributed by atoms with Crippen LogP contribution in [0, 0.1) is 0 Å². The first kappa shape index (κ1) is 14.8. The van der Waals surface area contributed by atoms with Gasteiger partial charge >= 0.3 is 0 Å². The molecule has 0 aromatic carbocycles. The molecule has 0 spiro atoms. The standard InChI is InChI=1S/C15H24N4O/c1-10(2)14-17-9-12(16)13(18-14)15(20)19-8-6-4-5-7-11(19)3/h9-11H,4-8,16H2,1-3H3. The molecule has 1 unspecified atom stereocenters. The Morgan fingerprint density at radius 1 is 1.40 bits per heavy atom. The Balaban J connectivity index is 2.29. The molecule has 1 fully saturated rings. The highest BCUT2D eigenvalue weighted by Crippen LogP contribution is 2.21. The van der Waals surface area contributed by atoms with Crippen LogP contribution in [0.4, 0.5) is 5.69 Å². The van der Waals surface area contributed by atoms with Crippen LogP contribution < -0.4 is 5.73 Å². The van der Waals surface area contributed by atoms with E-state index in [-0.39, 0.29) is 17.9 Å². The summed E-state index contributed by atoms with van der Waals surface area (Å²) < 4.78 is 0. The second-order valence-electron chi connectivity index (χ2n) is 5.88. The Kier molecular flexibility index (Phi) is 4.57. The zero-order chi connectivity index (χ0) is 14.7. The van der Waals surface area contributed by atoms with Crippen LogP contribution in [0.2, 0.25) is 0 Å². The van der Waals surface area contributed by atoms with Crippen molar-refractivity contribution < 1.29 is 4.79 Å². The first-order valence-corrected chi connectivity index (χ1v) is 7.44. The number of hydrogen-bond donors (Lipinski definition) is 1. The van der Waals surface area contributed by atoms with Gasteiger partial charge in [-0.15, -0.1) is 0 Å². The highest BCUT2D eigenvalue weighted by atomic mass is 16.2. The van der Waals surface area contributed by atoms with Gasteiger partial charge in [0.25, 0.3) is 5.91 Å². The summed E-state index contributed by atoms with van der Waals surface area (Å²) in [5.74, 6) is 0.801. The van der Waals surface area contributed by atoms with E-state index in [1.165, 1.54) is 12.8 Å². The number of aromatic nitrogens is 2. The lowest BCUT2D eigenvalue weighted by Gasteiger charge is -2.27. The second-order valence-corrected chi connectivity index (χ2v) is 5.88. The average Bonchev–Trinajstić information content (AvgIpc) is 2.63. The monoisotopic (exact) mass is 276 g/mol. The normalized spacial score (nSPS) is 20.0. The molecule has 1 atom stereocenters. The first-order chi connectivity index (χ1) is 9.50. The number of nitrogen functional groups attached to an aromatic ring is 1. The number of amides is 1. The number of hydrogen-bond acceptors (Lipinski definition) is 4. The van der Waals surface area contributed by atoms with Crippen molar-refractivity contribution in [1.82, 2.24) is 14.9 Å². The molecular formula is C15H24N4O. The fourth-order valence-corrected chi connectivity index (χ4v) is 2.57. The number of carbonyl (C=O) groups excluding carboxylic acids is 1. The van der Waals surface area contributed by atoms with Gasteiger partial charge in [-0.2, -0.15) is 0 Å². The van der Waals surface area contributed by atoms with Crippen LogP contribution in [0.5, 0.6) is 0 Å². The molecule has 1 aromatic rings. The Bertz CT molecular complexity index is 487.